The number of nitrogens with one attached hydrogen (secondary N) is 1. The lowest BCUT2D eigenvalue weighted by molar-refractivity contribution is 0.0942. The Hall–Kier alpha value is -1.09. The van der Waals surface area contributed by atoms with Crippen molar-refractivity contribution in [1.82, 2.24) is 5.32 Å². The number of carbonyl (C=O) groups excluding carboxylic acids is 1. The van der Waals surface area contributed by atoms with Crippen LogP contribution in [0.3, 0.4) is 0 Å². The summed E-state index contributed by atoms with van der Waals surface area (Å²) in [5.41, 5.74) is 1.20. The summed E-state index contributed by atoms with van der Waals surface area (Å²) in [5.74, 6) is -0.142. The Morgan fingerprint density at radius 2 is 2.26 bits per heavy atom. The van der Waals surface area contributed by atoms with Gasteiger partial charge in [0.15, 0.2) is 0 Å². The van der Waals surface area contributed by atoms with Gasteiger partial charge in [-0.1, -0.05) is 12.5 Å². The maximum Gasteiger partial charge on any atom is 0.251 e. The van der Waals surface area contributed by atoms with Crippen LogP contribution in [0.25, 0.3) is 0 Å². The van der Waals surface area contributed by atoms with Crippen molar-refractivity contribution in [3.8, 4) is 0 Å². The molecule has 2 nitrogen and oxygen atoms in total. The minimum absolute atomic E-state index is 0.200. The van der Waals surface area contributed by atoms with Crippen LogP contribution in [0, 0.1) is 18.7 Å². The molecule has 0 spiro atoms. The largest absolute Gasteiger partial charge is 0.352 e. The summed E-state index contributed by atoms with van der Waals surface area (Å²) in [4.78, 5) is 12.0. The summed E-state index contributed by atoms with van der Waals surface area (Å²) in [5, 5.41) is 3.12. The third-order valence-corrected chi connectivity index (χ3v) is 4.11. The molecule has 19 heavy (non-hydrogen) atoms. The monoisotopic (exact) mass is 283 g/mol. The van der Waals surface area contributed by atoms with Gasteiger partial charge in [-0.2, -0.15) is 0 Å². The van der Waals surface area contributed by atoms with Crippen LogP contribution in [0.2, 0.25) is 0 Å². The fraction of sp³-hybridized carbons (Fsp3) is 0.533. The highest BCUT2D eigenvalue weighted by Gasteiger charge is 2.21. The first kappa shape index (κ1) is 14.3. The van der Waals surface area contributed by atoms with Gasteiger partial charge in [-0.05, 0) is 49.8 Å². The van der Waals surface area contributed by atoms with Gasteiger partial charge in [-0.3, -0.25) is 4.79 Å². The molecular weight excluding hydrogens is 265 g/mol. The maximum atomic E-state index is 13.2. The summed E-state index contributed by atoms with van der Waals surface area (Å²) >= 11 is 6.13. The fourth-order valence-corrected chi connectivity index (χ4v) is 2.99. The molecule has 1 aliphatic rings. The van der Waals surface area contributed by atoms with E-state index in [0.717, 1.165) is 31.2 Å². The summed E-state index contributed by atoms with van der Waals surface area (Å²) in [7, 11) is 0. The molecule has 1 N–H and O–H groups in total. The second-order valence-corrected chi connectivity index (χ2v) is 5.92. The van der Waals surface area contributed by atoms with E-state index in [9.17, 15) is 9.18 Å². The highest BCUT2D eigenvalue weighted by Crippen LogP contribution is 2.27. The second kappa shape index (κ2) is 6.38. The van der Waals surface area contributed by atoms with Crippen molar-refractivity contribution in [3.05, 3.63) is 35.1 Å². The minimum Gasteiger partial charge on any atom is -0.352 e. The lowest BCUT2D eigenvalue weighted by Gasteiger charge is -2.25. The molecule has 1 fully saturated rings. The predicted molar refractivity (Wildman–Crippen MR) is 75.1 cm³/mol. The molecule has 1 aliphatic carbocycles. The number of aryl methyl sites for hydroxylation is 1. The third kappa shape index (κ3) is 3.93. The van der Waals surface area contributed by atoms with E-state index in [-0.39, 0.29) is 17.1 Å². The van der Waals surface area contributed by atoms with Gasteiger partial charge in [0, 0.05) is 17.5 Å². The molecule has 1 aromatic carbocycles. The zero-order chi connectivity index (χ0) is 13.8. The lowest BCUT2D eigenvalue weighted by atomic mass is 9.89. The molecule has 0 saturated heterocycles. The van der Waals surface area contributed by atoms with Crippen LogP contribution in [0.4, 0.5) is 4.39 Å². The molecule has 0 aromatic heterocycles. The molecule has 4 heteroatoms. The van der Waals surface area contributed by atoms with Gasteiger partial charge in [0.1, 0.15) is 5.82 Å². The molecular formula is C15H19ClFNO. The second-order valence-electron chi connectivity index (χ2n) is 5.30. The van der Waals surface area contributed by atoms with Gasteiger partial charge < -0.3 is 5.32 Å². The van der Waals surface area contributed by atoms with Gasteiger partial charge in [0.2, 0.25) is 0 Å². The topological polar surface area (TPSA) is 29.1 Å². The van der Waals surface area contributed by atoms with Crippen molar-refractivity contribution in [3.63, 3.8) is 0 Å². The third-order valence-electron chi connectivity index (χ3n) is 3.71. The summed E-state index contributed by atoms with van der Waals surface area (Å²) in [6.07, 6.45) is 4.23. The Balaban J connectivity index is 1.92. The van der Waals surface area contributed by atoms with Crippen molar-refractivity contribution >= 4 is 17.5 Å². The van der Waals surface area contributed by atoms with Crippen LogP contribution < -0.4 is 5.32 Å². The van der Waals surface area contributed by atoms with Crippen molar-refractivity contribution < 1.29 is 9.18 Å². The zero-order valence-electron chi connectivity index (χ0n) is 11.1. The quantitative estimate of drug-likeness (QED) is 0.843. The lowest BCUT2D eigenvalue weighted by Crippen LogP contribution is -2.32. The fourth-order valence-electron chi connectivity index (χ4n) is 2.58. The number of halogens is 2. The van der Waals surface area contributed by atoms with Crippen LogP contribution in [0.5, 0.6) is 0 Å². The standard InChI is InChI=1S/C15H19ClFNO/c1-10-5-6-13(17)8-14(10)15(19)18-9-11-3-2-4-12(16)7-11/h5-6,8,11-12H,2-4,7,9H2,1H3,(H,18,19). The average Bonchev–Trinajstić information content (AvgIpc) is 2.39. The summed E-state index contributed by atoms with van der Waals surface area (Å²) in [6.45, 7) is 2.43. The molecule has 104 valence electrons. The minimum atomic E-state index is -0.380. The molecule has 2 rings (SSSR count). The predicted octanol–water partition coefficient (Wildman–Crippen LogP) is 3.66. The Morgan fingerprint density at radius 1 is 1.47 bits per heavy atom. The Bertz CT molecular complexity index is 463. The van der Waals surface area contributed by atoms with Crippen molar-refractivity contribution in [2.24, 2.45) is 5.92 Å². The van der Waals surface area contributed by atoms with E-state index in [4.69, 9.17) is 11.6 Å². The van der Waals surface area contributed by atoms with E-state index in [0.29, 0.717) is 18.0 Å². The molecule has 0 radical (unpaired) electrons. The number of hydrogen-bond acceptors (Lipinski definition) is 1. The number of rotatable bonds is 3. The van der Waals surface area contributed by atoms with Gasteiger partial charge in [-0.25, -0.2) is 4.39 Å². The maximum absolute atomic E-state index is 13.2. The molecule has 2 atom stereocenters. The number of benzene rings is 1. The smallest absolute Gasteiger partial charge is 0.251 e. The number of alkyl halides is 1. The Labute approximate surface area is 118 Å². The van der Waals surface area contributed by atoms with E-state index in [1.807, 2.05) is 6.92 Å². The van der Waals surface area contributed by atoms with Crippen molar-refractivity contribution in [2.75, 3.05) is 6.54 Å². The molecule has 0 bridgehead atoms. The zero-order valence-corrected chi connectivity index (χ0v) is 11.8. The summed E-state index contributed by atoms with van der Waals surface area (Å²) < 4.78 is 13.2. The van der Waals surface area contributed by atoms with Crippen LogP contribution in [0.1, 0.15) is 41.6 Å². The molecule has 1 amide bonds. The van der Waals surface area contributed by atoms with Crippen molar-refractivity contribution in [2.45, 2.75) is 38.0 Å². The number of amides is 1. The Morgan fingerprint density at radius 3 is 3.00 bits per heavy atom. The molecule has 2 unspecified atom stereocenters. The summed E-state index contributed by atoms with van der Waals surface area (Å²) in [6, 6.07) is 4.28. The van der Waals surface area contributed by atoms with Gasteiger partial charge in [0.25, 0.3) is 5.91 Å². The van der Waals surface area contributed by atoms with Crippen LogP contribution in [0.15, 0.2) is 18.2 Å². The van der Waals surface area contributed by atoms with Crippen LogP contribution >= 0.6 is 11.6 Å². The molecule has 1 saturated carbocycles. The van der Waals surface area contributed by atoms with E-state index < -0.39 is 0 Å². The highest BCUT2D eigenvalue weighted by molar-refractivity contribution is 6.20. The number of hydrogen-bond donors (Lipinski definition) is 1. The molecule has 0 heterocycles. The van der Waals surface area contributed by atoms with E-state index >= 15 is 0 Å². The van der Waals surface area contributed by atoms with Gasteiger partial charge in [0.05, 0.1) is 0 Å². The van der Waals surface area contributed by atoms with E-state index in [1.165, 1.54) is 12.1 Å². The molecule has 1 aromatic rings. The SMILES string of the molecule is Cc1ccc(F)cc1C(=O)NCC1CCCC(Cl)C1. The number of carbonyl (C=O) groups is 1. The highest BCUT2D eigenvalue weighted by atomic mass is 35.5. The van der Waals surface area contributed by atoms with E-state index in [1.54, 1.807) is 6.07 Å². The van der Waals surface area contributed by atoms with Crippen LogP contribution in [-0.4, -0.2) is 17.8 Å². The average molecular weight is 284 g/mol. The Kier molecular flexibility index (Phi) is 4.81. The van der Waals surface area contributed by atoms with Gasteiger partial charge >= 0.3 is 0 Å². The first-order chi connectivity index (χ1) is 9.06. The first-order valence-corrected chi connectivity index (χ1v) is 7.18. The van der Waals surface area contributed by atoms with Crippen LogP contribution in [-0.2, 0) is 0 Å². The first-order valence-electron chi connectivity index (χ1n) is 6.74. The normalized spacial score (nSPS) is 23.1. The van der Waals surface area contributed by atoms with Crippen molar-refractivity contribution in [1.29, 1.82) is 0 Å². The van der Waals surface area contributed by atoms with Gasteiger partial charge in [-0.15, -0.1) is 11.6 Å². The van der Waals surface area contributed by atoms with E-state index in [2.05, 4.69) is 5.32 Å². The molecule has 0 aliphatic heterocycles.